The number of nitro groups is 1. The second-order valence-electron chi connectivity index (χ2n) is 5.06. The van der Waals surface area contributed by atoms with E-state index in [-0.39, 0.29) is 11.5 Å². The summed E-state index contributed by atoms with van der Waals surface area (Å²) in [6.45, 7) is 1.80. The standard InChI is InChI=1S/C12H20N6O2/c1-13-11-10(18(19)20)12(15-8-14-11)17(3)7-9-5-4-6-16(9)2/h8-9H,4-7H2,1-3H3,(H,13,14,15). The summed E-state index contributed by atoms with van der Waals surface area (Å²) in [4.78, 5) is 22.9. The normalized spacial score (nSPS) is 19.1. The Hall–Kier alpha value is -1.96. The fourth-order valence-corrected chi connectivity index (χ4v) is 2.61. The van der Waals surface area contributed by atoms with E-state index in [2.05, 4.69) is 27.2 Å². The van der Waals surface area contributed by atoms with Crippen LogP contribution in [0.2, 0.25) is 0 Å². The van der Waals surface area contributed by atoms with Crippen molar-refractivity contribution < 1.29 is 4.92 Å². The minimum atomic E-state index is -0.434. The van der Waals surface area contributed by atoms with Crippen LogP contribution in [-0.2, 0) is 0 Å². The SMILES string of the molecule is CNc1ncnc(N(C)CC2CCCN2C)c1[N+](=O)[O-]. The Morgan fingerprint density at radius 3 is 2.90 bits per heavy atom. The zero-order valence-electron chi connectivity index (χ0n) is 12.0. The summed E-state index contributed by atoms with van der Waals surface area (Å²) < 4.78 is 0. The first-order chi connectivity index (χ1) is 9.54. The van der Waals surface area contributed by atoms with Crippen LogP contribution in [0.3, 0.4) is 0 Å². The number of aromatic nitrogens is 2. The van der Waals surface area contributed by atoms with Crippen LogP contribution in [0.1, 0.15) is 12.8 Å². The Kier molecular flexibility index (Phi) is 4.33. The third-order valence-electron chi connectivity index (χ3n) is 3.74. The Morgan fingerprint density at radius 2 is 2.35 bits per heavy atom. The van der Waals surface area contributed by atoms with E-state index in [0.29, 0.717) is 11.9 Å². The van der Waals surface area contributed by atoms with Gasteiger partial charge in [0.15, 0.2) is 0 Å². The topological polar surface area (TPSA) is 87.4 Å². The quantitative estimate of drug-likeness (QED) is 0.634. The van der Waals surface area contributed by atoms with Gasteiger partial charge in [0.2, 0.25) is 11.6 Å². The van der Waals surface area contributed by atoms with Gasteiger partial charge in [-0.3, -0.25) is 10.1 Å². The molecular weight excluding hydrogens is 260 g/mol. The first kappa shape index (κ1) is 14.4. The molecule has 1 saturated heterocycles. The predicted octanol–water partition coefficient (Wildman–Crippen LogP) is 0.957. The average Bonchev–Trinajstić information content (AvgIpc) is 2.83. The summed E-state index contributed by atoms with van der Waals surface area (Å²) in [6, 6.07) is 0.410. The number of hydrogen-bond donors (Lipinski definition) is 1. The summed E-state index contributed by atoms with van der Waals surface area (Å²) in [6.07, 6.45) is 3.63. The first-order valence-corrected chi connectivity index (χ1v) is 6.63. The Balaban J connectivity index is 2.24. The van der Waals surface area contributed by atoms with E-state index in [1.165, 1.54) is 12.7 Å². The number of rotatable bonds is 5. The molecule has 1 aliphatic rings. The van der Waals surface area contributed by atoms with Crippen molar-refractivity contribution in [2.75, 3.05) is 44.4 Å². The molecule has 8 heteroatoms. The van der Waals surface area contributed by atoms with Crippen molar-refractivity contribution >= 4 is 17.3 Å². The van der Waals surface area contributed by atoms with Gasteiger partial charge in [-0.1, -0.05) is 0 Å². The number of anilines is 2. The molecule has 0 aliphatic carbocycles. The highest BCUT2D eigenvalue weighted by Gasteiger charge is 2.28. The smallest absolute Gasteiger partial charge is 0.353 e. The van der Waals surface area contributed by atoms with Crippen molar-refractivity contribution in [3.05, 3.63) is 16.4 Å². The molecule has 1 unspecified atom stereocenters. The highest BCUT2D eigenvalue weighted by atomic mass is 16.6. The molecule has 2 heterocycles. The van der Waals surface area contributed by atoms with Crippen LogP contribution in [0.4, 0.5) is 17.3 Å². The van der Waals surface area contributed by atoms with Crippen LogP contribution < -0.4 is 10.2 Å². The van der Waals surface area contributed by atoms with Crippen LogP contribution >= 0.6 is 0 Å². The minimum absolute atomic E-state index is 0.0712. The van der Waals surface area contributed by atoms with E-state index in [1.807, 2.05) is 11.9 Å². The summed E-state index contributed by atoms with van der Waals surface area (Å²) in [5.41, 5.74) is -0.0712. The van der Waals surface area contributed by atoms with Crippen molar-refractivity contribution in [1.82, 2.24) is 14.9 Å². The maximum Gasteiger partial charge on any atom is 0.353 e. The molecule has 20 heavy (non-hydrogen) atoms. The average molecular weight is 280 g/mol. The van der Waals surface area contributed by atoms with Gasteiger partial charge in [-0.2, -0.15) is 0 Å². The molecule has 0 radical (unpaired) electrons. The summed E-state index contributed by atoms with van der Waals surface area (Å²) in [5.74, 6) is 0.598. The van der Waals surface area contributed by atoms with Crippen LogP contribution in [0, 0.1) is 10.1 Å². The number of likely N-dealkylation sites (tertiary alicyclic amines) is 1. The van der Waals surface area contributed by atoms with Gasteiger partial charge in [0.05, 0.1) is 4.92 Å². The monoisotopic (exact) mass is 280 g/mol. The molecule has 8 nitrogen and oxygen atoms in total. The van der Waals surface area contributed by atoms with Crippen LogP contribution in [-0.4, -0.2) is 60.1 Å². The van der Waals surface area contributed by atoms with Crippen molar-refractivity contribution in [3.8, 4) is 0 Å². The summed E-state index contributed by atoms with van der Waals surface area (Å²) in [7, 11) is 5.53. The molecule has 0 saturated carbocycles. The molecule has 0 spiro atoms. The molecule has 110 valence electrons. The number of hydrogen-bond acceptors (Lipinski definition) is 7. The van der Waals surface area contributed by atoms with E-state index in [4.69, 9.17) is 0 Å². The lowest BCUT2D eigenvalue weighted by molar-refractivity contribution is -0.383. The van der Waals surface area contributed by atoms with E-state index in [0.717, 1.165) is 19.5 Å². The lowest BCUT2D eigenvalue weighted by Crippen LogP contribution is -2.37. The van der Waals surface area contributed by atoms with Crippen molar-refractivity contribution in [3.63, 3.8) is 0 Å². The number of likely N-dealkylation sites (N-methyl/N-ethyl adjacent to an activating group) is 2. The van der Waals surface area contributed by atoms with Crippen molar-refractivity contribution in [2.45, 2.75) is 18.9 Å². The second kappa shape index (κ2) is 6.00. The molecule has 2 rings (SSSR count). The molecule has 1 fully saturated rings. The lowest BCUT2D eigenvalue weighted by Gasteiger charge is -2.26. The van der Waals surface area contributed by atoms with E-state index in [1.54, 1.807) is 7.05 Å². The Bertz CT molecular complexity index is 495. The fourth-order valence-electron chi connectivity index (χ4n) is 2.61. The van der Waals surface area contributed by atoms with Crippen LogP contribution in [0.5, 0.6) is 0 Å². The van der Waals surface area contributed by atoms with E-state index >= 15 is 0 Å². The largest absolute Gasteiger partial charge is 0.367 e. The maximum absolute atomic E-state index is 11.3. The summed E-state index contributed by atoms with van der Waals surface area (Å²) >= 11 is 0. The molecule has 1 atom stereocenters. The van der Waals surface area contributed by atoms with Gasteiger partial charge in [0.1, 0.15) is 6.33 Å². The Morgan fingerprint density at radius 1 is 1.60 bits per heavy atom. The second-order valence-corrected chi connectivity index (χ2v) is 5.06. The van der Waals surface area contributed by atoms with Crippen LogP contribution in [0.25, 0.3) is 0 Å². The van der Waals surface area contributed by atoms with Crippen LogP contribution in [0.15, 0.2) is 6.33 Å². The van der Waals surface area contributed by atoms with Gasteiger partial charge in [0.25, 0.3) is 0 Å². The maximum atomic E-state index is 11.3. The van der Waals surface area contributed by atoms with E-state index < -0.39 is 4.92 Å². The third kappa shape index (κ3) is 2.79. The summed E-state index contributed by atoms with van der Waals surface area (Å²) in [5, 5.41) is 14.0. The fraction of sp³-hybridized carbons (Fsp3) is 0.667. The Labute approximate surface area is 118 Å². The minimum Gasteiger partial charge on any atom is -0.367 e. The van der Waals surface area contributed by atoms with Gasteiger partial charge < -0.3 is 15.1 Å². The van der Waals surface area contributed by atoms with Crippen molar-refractivity contribution in [2.24, 2.45) is 0 Å². The zero-order valence-corrected chi connectivity index (χ0v) is 12.0. The lowest BCUT2D eigenvalue weighted by atomic mass is 10.2. The highest BCUT2D eigenvalue weighted by Crippen LogP contribution is 2.31. The predicted molar refractivity (Wildman–Crippen MR) is 77.2 cm³/mol. The van der Waals surface area contributed by atoms with Gasteiger partial charge in [-0.05, 0) is 26.4 Å². The van der Waals surface area contributed by atoms with Gasteiger partial charge in [-0.25, -0.2) is 9.97 Å². The molecule has 1 N–H and O–H groups in total. The highest BCUT2D eigenvalue weighted by molar-refractivity contribution is 5.69. The number of nitrogens with zero attached hydrogens (tertiary/aromatic N) is 5. The molecule has 1 aliphatic heterocycles. The van der Waals surface area contributed by atoms with Crippen molar-refractivity contribution in [1.29, 1.82) is 0 Å². The molecule has 0 amide bonds. The van der Waals surface area contributed by atoms with E-state index in [9.17, 15) is 10.1 Å². The molecule has 0 aromatic carbocycles. The number of nitrogens with one attached hydrogen (secondary N) is 1. The zero-order chi connectivity index (χ0) is 14.7. The molecule has 1 aromatic heterocycles. The molecular formula is C12H20N6O2. The molecule has 0 bridgehead atoms. The van der Waals surface area contributed by atoms with Gasteiger partial charge >= 0.3 is 5.69 Å². The molecule has 1 aromatic rings. The van der Waals surface area contributed by atoms with Gasteiger partial charge in [-0.15, -0.1) is 0 Å². The first-order valence-electron chi connectivity index (χ1n) is 6.63. The van der Waals surface area contributed by atoms with Gasteiger partial charge in [0, 0.05) is 26.7 Å². The third-order valence-corrected chi connectivity index (χ3v) is 3.74.